The molecule has 1 N–H and O–H groups in total. The number of nitrogens with one attached hydrogen (secondary N) is 1. The van der Waals surface area contributed by atoms with Gasteiger partial charge in [0.2, 0.25) is 0 Å². The lowest BCUT2D eigenvalue weighted by Crippen LogP contribution is -2.55. The Hall–Kier alpha value is -3.87. The van der Waals surface area contributed by atoms with Gasteiger partial charge in [0, 0.05) is 96.3 Å². The average molecular weight is 1050 g/mol. The Morgan fingerprint density at radius 3 is 1.35 bits per heavy atom. The summed E-state index contributed by atoms with van der Waals surface area (Å²) < 4.78 is 36.2. The van der Waals surface area contributed by atoms with Crippen LogP contribution in [0.1, 0.15) is 95.8 Å². The quantitative estimate of drug-likeness (QED) is 0.215. The maximum Gasteiger partial charge on any atom is 0.0911 e. The van der Waals surface area contributed by atoms with Crippen molar-refractivity contribution < 1.29 is 33.2 Å². The summed E-state index contributed by atoms with van der Waals surface area (Å²) in [5, 5.41) is 6.38. The molecule has 14 heterocycles. The zero-order valence-electron chi connectivity index (χ0n) is 48.6. The number of hydrogen-bond donors (Lipinski definition) is 1. The highest BCUT2D eigenvalue weighted by atomic mass is 16.5. The van der Waals surface area contributed by atoms with Gasteiger partial charge >= 0.3 is 0 Å². The van der Waals surface area contributed by atoms with Crippen molar-refractivity contribution in [3.05, 3.63) is 113 Å². The van der Waals surface area contributed by atoms with Crippen LogP contribution in [0.5, 0.6) is 0 Å². The van der Waals surface area contributed by atoms with Crippen molar-refractivity contribution in [1.82, 2.24) is 39.8 Å². The third-order valence-corrected chi connectivity index (χ3v) is 13.3. The standard InChI is InChI=1S/C7H13NO.C6H11NO.2C6H7N.C6H12O.C6H10O.C5H11NO.2C5H8O.C4H6N2.C4H9N/c1-8-4-6-2-3-7(5-8)9-6;1-7-3-5-2-6(4-7)8-5;1-6-2-4-7-5-3-6;1-6-3-2-4-7-5-6;3*1-6-2-4-7-5-3-6;2*1-5-2-3-6-4-5;1-4-2-5-6-3-4;1-5-3-2-4-5/h6-7H,2-5H2,1H3;5-6H,2-4H2,1H3;2*2-5H,1H3;6H,2-5H2,1H3;2H,3-5H2,1H3;2-5H2,1H3;4H,2-3H2,1H3;2H,3-4H2,1H3;2-3H,1H3,(H,5,6);2-4H2,1H3. The van der Waals surface area contributed by atoms with Crippen LogP contribution in [-0.4, -0.2) is 204 Å². The molecule has 8 saturated heterocycles. The lowest BCUT2D eigenvalue weighted by atomic mass is 10.00. The number of likely N-dealkylation sites (N-methyl/N-ethyl adjacent to an activating group) is 3. The molecule has 4 atom stereocenters. The third kappa shape index (κ3) is 35.2. The van der Waals surface area contributed by atoms with Gasteiger partial charge in [0.05, 0.1) is 83.1 Å². The molecule has 0 aliphatic carbocycles. The largest absolute Gasteiger partial charge is 0.501 e. The zero-order valence-corrected chi connectivity index (χ0v) is 48.6. The lowest BCUT2D eigenvalue weighted by molar-refractivity contribution is -0.175. The highest BCUT2D eigenvalue weighted by Crippen LogP contribution is 2.27. The number of aromatic amines is 1. The van der Waals surface area contributed by atoms with Gasteiger partial charge < -0.3 is 52.8 Å². The van der Waals surface area contributed by atoms with Crippen LogP contribution in [0.15, 0.2) is 96.6 Å². The molecule has 0 spiro atoms. The molecule has 15 heteroatoms. The van der Waals surface area contributed by atoms with E-state index in [9.17, 15) is 0 Å². The Morgan fingerprint density at radius 2 is 1.08 bits per heavy atom. The van der Waals surface area contributed by atoms with Crippen LogP contribution in [0.3, 0.4) is 0 Å². The van der Waals surface area contributed by atoms with Crippen LogP contribution in [0.4, 0.5) is 0 Å². The number of aromatic nitrogens is 4. The molecule has 11 aliphatic heterocycles. The second-order valence-corrected chi connectivity index (χ2v) is 21.2. The van der Waals surface area contributed by atoms with E-state index >= 15 is 0 Å². The van der Waals surface area contributed by atoms with E-state index in [0.717, 1.165) is 117 Å². The predicted octanol–water partition coefficient (Wildman–Crippen LogP) is 9.40. The minimum Gasteiger partial charge on any atom is -0.501 e. The summed E-state index contributed by atoms with van der Waals surface area (Å²) in [5.74, 6) is 0.911. The highest BCUT2D eigenvalue weighted by Gasteiger charge is 2.36. The summed E-state index contributed by atoms with van der Waals surface area (Å²) in [6, 6.07) is 7.89. The van der Waals surface area contributed by atoms with Crippen molar-refractivity contribution in [3.63, 3.8) is 0 Å². The monoisotopic (exact) mass is 1050 g/mol. The third-order valence-electron chi connectivity index (χ3n) is 13.3. The second kappa shape index (κ2) is 41.3. The Morgan fingerprint density at radius 1 is 0.520 bits per heavy atom. The number of fused-ring (bicyclic) bond motifs is 4. The molecule has 3 aromatic heterocycles. The van der Waals surface area contributed by atoms with Gasteiger partial charge in [-0.25, -0.2) is 0 Å². The highest BCUT2D eigenvalue weighted by molar-refractivity contribution is 5.06. The van der Waals surface area contributed by atoms with E-state index in [1.807, 2.05) is 63.7 Å². The topological polar surface area (TPSA) is 132 Å². The van der Waals surface area contributed by atoms with Gasteiger partial charge in [-0.1, -0.05) is 30.7 Å². The normalized spacial score (nSPS) is 24.2. The number of morpholine rings is 3. The summed E-state index contributed by atoms with van der Waals surface area (Å²) in [5.41, 5.74) is 7.82. The summed E-state index contributed by atoms with van der Waals surface area (Å²) in [4.78, 5) is 17.0. The Labute approximate surface area is 454 Å². The van der Waals surface area contributed by atoms with E-state index in [1.165, 1.54) is 85.0 Å². The van der Waals surface area contributed by atoms with Gasteiger partial charge in [-0.15, -0.1) is 0 Å². The molecule has 11 aliphatic rings. The molecule has 4 bridgehead atoms. The van der Waals surface area contributed by atoms with Gasteiger partial charge in [-0.2, -0.15) is 5.10 Å². The Balaban J connectivity index is 0.000000218. The first-order valence-electron chi connectivity index (χ1n) is 27.9. The Bertz CT molecular complexity index is 1790. The number of H-pyrrole nitrogens is 1. The average Bonchev–Trinajstić information content (AvgIpc) is 4.25. The molecule has 15 nitrogen and oxygen atoms in total. The number of piperidine rings is 1. The maximum absolute atomic E-state index is 5.63. The van der Waals surface area contributed by atoms with Gasteiger partial charge in [0.25, 0.3) is 0 Å². The fourth-order valence-electron chi connectivity index (χ4n) is 8.09. The van der Waals surface area contributed by atoms with Gasteiger partial charge in [-0.3, -0.25) is 15.1 Å². The molecule has 14 rings (SSSR count). The lowest BCUT2D eigenvalue weighted by Gasteiger charge is -2.45. The minimum absolute atomic E-state index is 0.564. The number of ether oxygens (including phenoxy) is 7. The minimum atomic E-state index is 0.564. The molecule has 75 heavy (non-hydrogen) atoms. The van der Waals surface area contributed by atoms with Gasteiger partial charge in [0.15, 0.2) is 0 Å². The molecular weight excluding hydrogens is 945 g/mol. The van der Waals surface area contributed by atoms with Crippen LogP contribution in [0, 0.1) is 26.7 Å². The summed E-state index contributed by atoms with van der Waals surface area (Å²) in [7, 11) is 8.58. The van der Waals surface area contributed by atoms with E-state index in [4.69, 9.17) is 33.2 Å². The SMILES string of the molecule is CC1=CCOC1.CC1=CCOCC1.CC1=COCC1.CC1CCOCC1.CN1CC2CC(C1)O2.CN1CC2CCC(C1)O2.CN1CCC1.CN1CCOCC1.Cc1cccnc1.Cc1ccncc1.Cc1cn[nH]c1. The number of pyridine rings is 2. The maximum atomic E-state index is 5.63. The number of aryl methyl sites for hydroxylation is 3. The van der Waals surface area contributed by atoms with E-state index in [-0.39, 0.29) is 0 Å². The summed E-state index contributed by atoms with van der Waals surface area (Å²) in [6.07, 6.45) is 29.2. The molecule has 4 unspecified atom stereocenters. The molecule has 0 radical (unpaired) electrons. The van der Waals surface area contributed by atoms with Crippen molar-refractivity contribution in [2.45, 2.75) is 124 Å². The van der Waals surface area contributed by atoms with Gasteiger partial charge in [-0.05, 0) is 173 Å². The van der Waals surface area contributed by atoms with Crippen LogP contribution in [0.2, 0.25) is 0 Å². The van der Waals surface area contributed by atoms with Crippen molar-refractivity contribution >= 4 is 0 Å². The van der Waals surface area contributed by atoms with Crippen LogP contribution in [-0.2, 0) is 33.2 Å². The zero-order chi connectivity index (χ0) is 54.3. The fourth-order valence-corrected chi connectivity index (χ4v) is 8.09. The van der Waals surface area contributed by atoms with Gasteiger partial charge in [0.1, 0.15) is 0 Å². The number of nitrogens with zero attached hydrogens (tertiary/aromatic N) is 7. The van der Waals surface area contributed by atoms with Crippen molar-refractivity contribution in [3.8, 4) is 0 Å². The van der Waals surface area contributed by atoms with E-state index in [1.54, 1.807) is 24.8 Å². The summed E-state index contributed by atoms with van der Waals surface area (Å²) in [6.45, 7) is 32.2. The van der Waals surface area contributed by atoms with Crippen molar-refractivity contribution in [1.29, 1.82) is 0 Å². The first kappa shape index (κ1) is 65.4. The van der Waals surface area contributed by atoms with Crippen LogP contribution >= 0.6 is 0 Å². The van der Waals surface area contributed by atoms with Crippen molar-refractivity contribution in [2.75, 3.05) is 140 Å². The first-order chi connectivity index (χ1) is 36.2. The molecular formula is C60H102N8O7. The fraction of sp³-hybridized carbons (Fsp3) is 0.683. The first-order valence-corrected chi connectivity index (χ1v) is 27.9. The van der Waals surface area contributed by atoms with E-state index in [0.29, 0.717) is 24.4 Å². The number of rotatable bonds is 0. The van der Waals surface area contributed by atoms with E-state index in [2.05, 4.69) is 108 Å². The van der Waals surface area contributed by atoms with E-state index < -0.39 is 0 Å². The molecule has 424 valence electrons. The molecule has 0 saturated carbocycles. The van der Waals surface area contributed by atoms with Crippen LogP contribution < -0.4 is 0 Å². The smallest absolute Gasteiger partial charge is 0.0911 e. The van der Waals surface area contributed by atoms with Crippen LogP contribution in [0.25, 0.3) is 0 Å². The molecule has 3 aromatic rings. The number of hydrogen-bond acceptors (Lipinski definition) is 14. The number of likely N-dealkylation sites (tertiary alicyclic amines) is 2. The molecule has 0 amide bonds. The van der Waals surface area contributed by atoms with Crippen molar-refractivity contribution in [2.24, 2.45) is 5.92 Å². The molecule has 0 aromatic carbocycles. The second-order valence-electron chi connectivity index (χ2n) is 21.2. The molecule has 8 fully saturated rings. The summed E-state index contributed by atoms with van der Waals surface area (Å²) >= 11 is 0. The Kier molecular flexibility index (Phi) is 36.0. The predicted molar refractivity (Wildman–Crippen MR) is 305 cm³/mol.